The first kappa shape index (κ1) is 12.1. The van der Waals surface area contributed by atoms with E-state index in [2.05, 4.69) is 26.9 Å². The van der Waals surface area contributed by atoms with E-state index in [0.717, 1.165) is 64.0 Å². The molecule has 0 amide bonds. The Morgan fingerprint density at radius 3 is 2.12 bits per heavy atom. The summed E-state index contributed by atoms with van der Waals surface area (Å²) < 4.78 is 0. The van der Waals surface area contributed by atoms with Crippen molar-refractivity contribution in [2.75, 3.05) is 58.9 Å². The fourth-order valence-corrected chi connectivity index (χ4v) is 2.68. The van der Waals surface area contributed by atoms with Crippen LogP contribution in [0.4, 0.5) is 0 Å². The maximum atomic E-state index is 5.57. The molecule has 2 rings (SSSR count). The third-order valence-electron chi connectivity index (χ3n) is 3.48. The van der Waals surface area contributed by atoms with Crippen molar-refractivity contribution in [1.29, 1.82) is 0 Å². The summed E-state index contributed by atoms with van der Waals surface area (Å²) in [4.78, 5) is 7.19. The van der Waals surface area contributed by atoms with Crippen LogP contribution in [0.1, 0.15) is 6.92 Å². The number of piperazine rings is 2. The Bertz CT molecular complexity index is 232. The number of nitrogens with zero attached hydrogens (tertiary/aromatic N) is 3. The molecule has 4 nitrogen and oxygen atoms in total. The fourth-order valence-electron chi connectivity index (χ4n) is 2.31. The molecule has 92 valence electrons. The van der Waals surface area contributed by atoms with Crippen molar-refractivity contribution in [3.8, 4) is 0 Å². The van der Waals surface area contributed by atoms with Crippen molar-refractivity contribution in [3.05, 3.63) is 0 Å². The maximum Gasteiger partial charge on any atom is 0.171 e. The van der Waals surface area contributed by atoms with Gasteiger partial charge < -0.3 is 20.0 Å². The van der Waals surface area contributed by atoms with Crippen LogP contribution in [0.25, 0.3) is 0 Å². The number of thiocarbonyl (C=S) groups is 1. The minimum atomic E-state index is 1.06. The van der Waals surface area contributed by atoms with Crippen molar-refractivity contribution < 1.29 is 0 Å². The average molecular weight is 242 g/mol. The Labute approximate surface area is 104 Å². The number of hydrogen-bond acceptors (Lipinski definition) is 3. The number of nitrogens with one attached hydrogen (secondary N) is 1. The van der Waals surface area contributed by atoms with Crippen LogP contribution in [0.15, 0.2) is 0 Å². The molecular formula is C11H22N4S. The predicted molar refractivity (Wildman–Crippen MR) is 70.7 cm³/mol. The van der Waals surface area contributed by atoms with E-state index in [0.29, 0.717) is 0 Å². The highest BCUT2D eigenvalue weighted by Crippen LogP contribution is 2.06. The molecule has 0 radical (unpaired) electrons. The van der Waals surface area contributed by atoms with Crippen LogP contribution < -0.4 is 5.32 Å². The monoisotopic (exact) mass is 242 g/mol. The molecule has 0 aromatic rings. The molecule has 0 saturated carbocycles. The van der Waals surface area contributed by atoms with Gasteiger partial charge in [-0.25, -0.2) is 0 Å². The van der Waals surface area contributed by atoms with Gasteiger partial charge >= 0.3 is 0 Å². The van der Waals surface area contributed by atoms with E-state index in [1.807, 2.05) is 0 Å². The summed E-state index contributed by atoms with van der Waals surface area (Å²) in [6.45, 7) is 12.1. The van der Waals surface area contributed by atoms with E-state index >= 15 is 0 Å². The minimum Gasteiger partial charge on any atom is -0.347 e. The fraction of sp³-hybridized carbons (Fsp3) is 0.909. The van der Waals surface area contributed by atoms with Crippen LogP contribution in [-0.2, 0) is 0 Å². The highest BCUT2D eigenvalue weighted by atomic mass is 32.1. The molecule has 2 aliphatic rings. The quantitative estimate of drug-likeness (QED) is 0.642. The van der Waals surface area contributed by atoms with Crippen LogP contribution in [-0.4, -0.2) is 78.7 Å². The molecule has 5 heteroatoms. The van der Waals surface area contributed by atoms with Gasteiger partial charge in [-0.2, -0.15) is 0 Å². The molecule has 0 aromatic heterocycles. The Kier molecular flexibility index (Phi) is 4.37. The Hall–Kier alpha value is -0.390. The first-order chi connectivity index (χ1) is 7.81. The molecule has 0 unspecified atom stereocenters. The summed E-state index contributed by atoms with van der Waals surface area (Å²) in [7, 11) is 0. The van der Waals surface area contributed by atoms with Gasteiger partial charge in [-0.05, 0) is 18.8 Å². The molecule has 2 heterocycles. The van der Waals surface area contributed by atoms with E-state index in [9.17, 15) is 0 Å². The first-order valence-electron chi connectivity index (χ1n) is 6.28. The van der Waals surface area contributed by atoms with Crippen LogP contribution in [0, 0.1) is 0 Å². The largest absolute Gasteiger partial charge is 0.347 e. The lowest BCUT2D eigenvalue weighted by Gasteiger charge is -2.40. The number of rotatable bonds is 1. The maximum absolute atomic E-state index is 5.57. The molecular weight excluding hydrogens is 220 g/mol. The Morgan fingerprint density at radius 2 is 1.56 bits per heavy atom. The first-order valence-corrected chi connectivity index (χ1v) is 6.69. The number of likely N-dealkylation sites (N-methyl/N-ethyl adjacent to an activating group) is 1. The lowest BCUT2D eigenvalue weighted by molar-refractivity contribution is 0.176. The summed E-state index contributed by atoms with van der Waals surface area (Å²) in [5.74, 6) is 0. The molecule has 0 aliphatic carbocycles. The van der Waals surface area contributed by atoms with Gasteiger partial charge in [-0.1, -0.05) is 6.92 Å². The second kappa shape index (κ2) is 5.80. The van der Waals surface area contributed by atoms with E-state index in [1.54, 1.807) is 0 Å². The summed E-state index contributed by atoms with van der Waals surface area (Å²) in [5, 5.41) is 4.43. The summed E-state index contributed by atoms with van der Waals surface area (Å²) in [6.07, 6.45) is 0. The van der Waals surface area contributed by atoms with E-state index in [-0.39, 0.29) is 0 Å². The van der Waals surface area contributed by atoms with Crippen molar-refractivity contribution in [3.63, 3.8) is 0 Å². The molecule has 0 atom stereocenters. The lowest BCUT2D eigenvalue weighted by atomic mass is 10.3. The van der Waals surface area contributed by atoms with Crippen molar-refractivity contribution >= 4 is 17.3 Å². The standard InChI is InChI=1S/C11H22N4S/c1-2-13-7-9-15(10-8-13)11(16)14-5-3-12-4-6-14/h12H,2-10H2,1H3. The van der Waals surface area contributed by atoms with Crippen LogP contribution >= 0.6 is 12.2 Å². The van der Waals surface area contributed by atoms with Gasteiger partial charge in [-0.3, -0.25) is 0 Å². The smallest absolute Gasteiger partial charge is 0.171 e. The topological polar surface area (TPSA) is 21.8 Å². The highest BCUT2D eigenvalue weighted by Gasteiger charge is 2.22. The second-order valence-electron chi connectivity index (χ2n) is 4.44. The van der Waals surface area contributed by atoms with Crippen LogP contribution in [0.3, 0.4) is 0 Å². The SMILES string of the molecule is CCN1CCN(C(=S)N2CCNCC2)CC1. The normalized spacial score (nSPS) is 23.6. The van der Waals surface area contributed by atoms with E-state index in [1.165, 1.54) is 0 Å². The van der Waals surface area contributed by atoms with Gasteiger partial charge in [0.1, 0.15) is 0 Å². The van der Waals surface area contributed by atoms with Crippen LogP contribution in [0.5, 0.6) is 0 Å². The van der Waals surface area contributed by atoms with Gasteiger partial charge in [0.25, 0.3) is 0 Å². The average Bonchev–Trinajstić information content (AvgIpc) is 2.39. The zero-order valence-electron chi connectivity index (χ0n) is 10.1. The molecule has 0 aromatic carbocycles. The van der Waals surface area contributed by atoms with Crippen LogP contribution in [0.2, 0.25) is 0 Å². The lowest BCUT2D eigenvalue weighted by Crippen LogP contribution is -2.56. The van der Waals surface area contributed by atoms with Crippen molar-refractivity contribution in [1.82, 2.24) is 20.0 Å². The predicted octanol–water partition coefficient (Wildman–Crippen LogP) is -0.186. The number of hydrogen-bond donors (Lipinski definition) is 1. The molecule has 16 heavy (non-hydrogen) atoms. The summed E-state index contributed by atoms with van der Waals surface area (Å²) >= 11 is 5.57. The van der Waals surface area contributed by atoms with Gasteiger partial charge in [0.05, 0.1) is 0 Å². The molecule has 0 spiro atoms. The Balaban J connectivity index is 1.81. The zero-order chi connectivity index (χ0) is 11.4. The van der Waals surface area contributed by atoms with E-state index < -0.39 is 0 Å². The summed E-state index contributed by atoms with van der Waals surface area (Å²) in [6, 6.07) is 0. The zero-order valence-corrected chi connectivity index (χ0v) is 10.9. The Morgan fingerprint density at radius 1 is 1.00 bits per heavy atom. The van der Waals surface area contributed by atoms with Crippen molar-refractivity contribution in [2.45, 2.75) is 6.92 Å². The second-order valence-corrected chi connectivity index (χ2v) is 4.81. The van der Waals surface area contributed by atoms with Crippen molar-refractivity contribution in [2.24, 2.45) is 0 Å². The summed E-state index contributed by atoms with van der Waals surface area (Å²) in [5.41, 5.74) is 0. The molecule has 2 aliphatic heterocycles. The minimum absolute atomic E-state index is 1.06. The highest BCUT2D eigenvalue weighted by molar-refractivity contribution is 7.80. The molecule has 2 fully saturated rings. The third-order valence-corrected chi connectivity index (χ3v) is 3.99. The third kappa shape index (κ3) is 2.84. The molecule has 0 bridgehead atoms. The molecule has 1 N–H and O–H groups in total. The van der Waals surface area contributed by atoms with Gasteiger partial charge in [0.15, 0.2) is 5.11 Å². The van der Waals surface area contributed by atoms with E-state index in [4.69, 9.17) is 12.2 Å². The van der Waals surface area contributed by atoms with Gasteiger partial charge in [0.2, 0.25) is 0 Å². The molecule has 2 saturated heterocycles. The van der Waals surface area contributed by atoms with Gasteiger partial charge in [0, 0.05) is 52.4 Å². The van der Waals surface area contributed by atoms with Gasteiger partial charge in [-0.15, -0.1) is 0 Å².